The van der Waals surface area contributed by atoms with Gasteiger partial charge in [-0.2, -0.15) is 9.78 Å². The summed E-state index contributed by atoms with van der Waals surface area (Å²) < 4.78 is 27.2. The molecule has 0 aliphatic rings. The highest BCUT2D eigenvalue weighted by atomic mass is 19.1. The number of aromatic nitrogens is 2. The van der Waals surface area contributed by atoms with E-state index in [4.69, 9.17) is 5.11 Å². The predicted octanol–water partition coefficient (Wildman–Crippen LogP) is 0.843. The maximum absolute atomic E-state index is 13.6. The van der Waals surface area contributed by atoms with Crippen LogP contribution in [0.25, 0.3) is 5.69 Å². The van der Waals surface area contributed by atoms with Crippen LogP contribution in [-0.4, -0.2) is 26.0 Å². The van der Waals surface area contributed by atoms with E-state index in [2.05, 4.69) is 5.10 Å². The van der Waals surface area contributed by atoms with Crippen molar-refractivity contribution < 1.29 is 23.8 Å². The molecule has 0 aliphatic carbocycles. The van der Waals surface area contributed by atoms with Gasteiger partial charge in [0.05, 0.1) is 6.42 Å². The number of benzene rings is 1. The van der Waals surface area contributed by atoms with Crippen LogP contribution in [0.5, 0.6) is 5.75 Å². The van der Waals surface area contributed by atoms with Crippen molar-refractivity contribution in [3.63, 3.8) is 0 Å². The van der Waals surface area contributed by atoms with E-state index in [0.717, 1.165) is 18.2 Å². The van der Waals surface area contributed by atoms with Gasteiger partial charge in [0.2, 0.25) is 0 Å². The van der Waals surface area contributed by atoms with Crippen LogP contribution in [0.3, 0.4) is 0 Å². The van der Waals surface area contributed by atoms with E-state index in [9.17, 15) is 23.5 Å². The minimum absolute atomic E-state index is 0.333. The van der Waals surface area contributed by atoms with Crippen LogP contribution >= 0.6 is 0 Å². The molecule has 2 aromatic rings. The van der Waals surface area contributed by atoms with Crippen molar-refractivity contribution in [1.82, 2.24) is 9.78 Å². The number of nitrogens with zero attached hydrogens (tertiary/aromatic N) is 2. The predicted molar refractivity (Wildman–Crippen MR) is 62.8 cm³/mol. The molecule has 104 valence electrons. The molecule has 1 aromatic heterocycles. The Morgan fingerprint density at radius 3 is 2.65 bits per heavy atom. The van der Waals surface area contributed by atoms with Crippen LogP contribution in [0.15, 0.2) is 29.1 Å². The van der Waals surface area contributed by atoms with Gasteiger partial charge in [-0.1, -0.05) is 0 Å². The molecule has 0 radical (unpaired) electrons. The van der Waals surface area contributed by atoms with Crippen molar-refractivity contribution >= 4 is 5.97 Å². The molecule has 1 heterocycles. The Morgan fingerprint density at radius 1 is 1.30 bits per heavy atom. The summed E-state index contributed by atoms with van der Waals surface area (Å²) in [6, 6.07) is 3.10. The number of carbonyl (C=O) groups is 1. The van der Waals surface area contributed by atoms with E-state index in [-0.39, 0.29) is 5.69 Å². The second kappa shape index (κ2) is 5.08. The van der Waals surface area contributed by atoms with E-state index < -0.39 is 41.0 Å². The average molecular weight is 282 g/mol. The molecular weight excluding hydrogens is 274 g/mol. The normalized spacial score (nSPS) is 10.5. The van der Waals surface area contributed by atoms with Gasteiger partial charge in [0.15, 0.2) is 0 Å². The molecule has 0 atom stereocenters. The van der Waals surface area contributed by atoms with Gasteiger partial charge in [0.1, 0.15) is 28.8 Å². The zero-order chi connectivity index (χ0) is 14.9. The molecule has 0 aliphatic heterocycles. The van der Waals surface area contributed by atoms with E-state index in [1.165, 1.54) is 0 Å². The second-order valence-corrected chi connectivity index (χ2v) is 3.89. The van der Waals surface area contributed by atoms with Gasteiger partial charge >= 0.3 is 5.97 Å². The molecule has 1 aromatic carbocycles. The first kappa shape index (κ1) is 13.7. The standard InChI is InChI=1S/C12H8F2N2O4/c13-6-1-2-7(14)9(3-6)16-11(18)5-10(17)8(15-16)4-12(19)20/h1-3,5,17H,4H2,(H,19,20). The average Bonchev–Trinajstić information content (AvgIpc) is 2.35. The lowest BCUT2D eigenvalue weighted by atomic mass is 10.2. The van der Waals surface area contributed by atoms with E-state index in [1.807, 2.05) is 0 Å². The summed E-state index contributed by atoms with van der Waals surface area (Å²) in [5.74, 6) is -3.61. The first-order valence-electron chi connectivity index (χ1n) is 5.38. The van der Waals surface area contributed by atoms with Crippen LogP contribution in [0.1, 0.15) is 5.69 Å². The van der Waals surface area contributed by atoms with Crippen molar-refractivity contribution in [3.05, 3.63) is 51.9 Å². The van der Waals surface area contributed by atoms with Gasteiger partial charge in [-0.25, -0.2) is 8.78 Å². The highest BCUT2D eigenvalue weighted by Gasteiger charge is 2.15. The van der Waals surface area contributed by atoms with Gasteiger partial charge < -0.3 is 10.2 Å². The number of halogens is 2. The zero-order valence-electron chi connectivity index (χ0n) is 9.88. The van der Waals surface area contributed by atoms with Crippen molar-refractivity contribution in [3.8, 4) is 11.4 Å². The molecule has 0 unspecified atom stereocenters. The van der Waals surface area contributed by atoms with Crippen molar-refractivity contribution in [2.75, 3.05) is 0 Å². The summed E-state index contributed by atoms with van der Waals surface area (Å²) in [7, 11) is 0. The first-order valence-corrected chi connectivity index (χ1v) is 5.38. The van der Waals surface area contributed by atoms with Crippen LogP contribution in [-0.2, 0) is 11.2 Å². The van der Waals surface area contributed by atoms with Gasteiger partial charge in [0.25, 0.3) is 5.56 Å². The fourth-order valence-corrected chi connectivity index (χ4v) is 1.57. The second-order valence-electron chi connectivity index (χ2n) is 3.89. The molecule has 2 rings (SSSR count). The molecule has 2 N–H and O–H groups in total. The summed E-state index contributed by atoms with van der Waals surface area (Å²) in [6.07, 6.45) is -0.664. The quantitative estimate of drug-likeness (QED) is 0.870. The summed E-state index contributed by atoms with van der Waals surface area (Å²) in [5, 5.41) is 21.6. The molecule has 0 fully saturated rings. The molecule has 0 saturated heterocycles. The van der Waals surface area contributed by atoms with Gasteiger partial charge in [-0.3, -0.25) is 9.59 Å². The van der Waals surface area contributed by atoms with Crippen molar-refractivity contribution in [1.29, 1.82) is 0 Å². The maximum Gasteiger partial charge on any atom is 0.309 e. The Hall–Kier alpha value is -2.77. The van der Waals surface area contributed by atoms with E-state index in [1.54, 1.807) is 0 Å². The lowest BCUT2D eigenvalue weighted by molar-refractivity contribution is -0.136. The topological polar surface area (TPSA) is 92.4 Å². The highest BCUT2D eigenvalue weighted by molar-refractivity contribution is 5.70. The van der Waals surface area contributed by atoms with E-state index >= 15 is 0 Å². The number of hydrogen-bond donors (Lipinski definition) is 2. The third kappa shape index (κ3) is 2.63. The molecule has 0 bridgehead atoms. The number of aromatic hydroxyl groups is 1. The third-order valence-corrected chi connectivity index (χ3v) is 2.44. The molecule has 6 nitrogen and oxygen atoms in total. The smallest absolute Gasteiger partial charge is 0.309 e. The fraction of sp³-hybridized carbons (Fsp3) is 0.0833. The van der Waals surface area contributed by atoms with E-state index in [0.29, 0.717) is 10.7 Å². The summed E-state index contributed by atoms with van der Waals surface area (Å²) in [4.78, 5) is 22.2. The fourth-order valence-electron chi connectivity index (χ4n) is 1.57. The van der Waals surface area contributed by atoms with Gasteiger partial charge in [0, 0.05) is 12.1 Å². The third-order valence-electron chi connectivity index (χ3n) is 2.44. The van der Waals surface area contributed by atoms with Crippen LogP contribution in [0.2, 0.25) is 0 Å². The molecule has 20 heavy (non-hydrogen) atoms. The molecule has 0 saturated carbocycles. The monoisotopic (exact) mass is 282 g/mol. The Kier molecular flexibility index (Phi) is 3.47. The molecule has 0 spiro atoms. The Morgan fingerprint density at radius 2 is 2.00 bits per heavy atom. The SMILES string of the molecule is O=C(O)Cc1nn(-c2cc(F)ccc2F)c(=O)cc1O. The van der Waals surface area contributed by atoms with Crippen LogP contribution < -0.4 is 5.56 Å². The molecule has 8 heteroatoms. The number of hydrogen-bond acceptors (Lipinski definition) is 4. The number of carboxylic acid groups (broad SMARTS) is 1. The van der Waals surface area contributed by atoms with Gasteiger partial charge in [-0.05, 0) is 12.1 Å². The largest absolute Gasteiger partial charge is 0.506 e. The Labute approximate surface area is 110 Å². The Balaban J connectivity index is 2.64. The zero-order valence-corrected chi connectivity index (χ0v) is 9.88. The first-order chi connectivity index (χ1) is 9.38. The minimum Gasteiger partial charge on any atom is -0.506 e. The summed E-state index contributed by atoms with van der Waals surface area (Å²) >= 11 is 0. The minimum atomic E-state index is -1.29. The van der Waals surface area contributed by atoms with Crippen molar-refractivity contribution in [2.45, 2.75) is 6.42 Å². The number of rotatable bonds is 3. The van der Waals surface area contributed by atoms with Gasteiger partial charge in [-0.15, -0.1) is 0 Å². The molecular formula is C12H8F2N2O4. The number of carboxylic acids is 1. The summed E-state index contributed by atoms with van der Waals surface area (Å²) in [6.45, 7) is 0. The van der Waals surface area contributed by atoms with Crippen LogP contribution in [0.4, 0.5) is 8.78 Å². The van der Waals surface area contributed by atoms with Crippen LogP contribution in [0, 0.1) is 11.6 Å². The van der Waals surface area contributed by atoms with Crippen molar-refractivity contribution in [2.24, 2.45) is 0 Å². The highest BCUT2D eigenvalue weighted by Crippen LogP contribution is 2.16. The lowest BCUT2D eigenvalue weighted by Crippen LogP contribution is -2.23. The lowest BCUT2D eigenvalue weighted by Gasteiger charge is -2.08. The maximum atomic E-state index is 13.6. The molecule has 0 amide bonds. The summed E-state index contributed by atoms with van der Waals surface area (Å²) in [5.41, 5.74) is -1.72. The Bertz CT molecular complexity index is 743. The number of aliphatic carboxylic acids is 1.